The first-order chi connectivity index (χ1) is 14.4. The molecule has 6 nitrogen and oxygen atoms in total. The Kier molecular flexibility index (Phi) is 7.05. The second-order valence-electron chi connectivity index (χ2n) is 7.56. The number of para-hydroxylation sites is 1. The van der Waals surface area contributed by atoms with Crippen molar-refractivity contribution in [1.29, 1.82) is 0 Å². The molecule has 0 atom stereocenters. The van der Waals surface area contributed by atoms with Crippen molar-refractivity contribution in [2.75, 3.05) is 17.7 Å². The zero-order chi connectivity index (χ0) is 21.6. The molecule has 0 saturated heterocycles. The van der Waals surface area contributed by atoms with Gasteiger partial charge in [0.15, 0.2) is 5.11 Å². The molecule has 3 rings (SSSR count). The fourth-order valence-electron chi connectivity index (χ4n) is 3.71. The van der Waals surface area contributed by atoms with E-state index in [1.54, 1.807) is 24.3 Å². The second-order valence-corrected chi connectivity index (χ2v) is 7.97. The molecule has 0 unspecified atom stereocenters. The van der Waals surface area contributed by atoms with Crippen molar-refractivity contribution in [2.24, 2.45) is 0 Å². The number of hydrogen-bond donors (Lipinski definition) is 3. The molecule has 0 heterocycles. The van der Waals surface area contributed by atoms with Gasteiger partial charge in [-0.15, -0.1) is 0 Å². The van der Waals surface area contributed by atoms with Crippen LogP contribution in [0.15, 0.2) is 48.5 Å². The van der Waals surface area contributed by atoms with E-state index in [2.05, 4.69) is 16.0 Å². The summed E-state index contributed by atoms with van der Waals surface area (Å²) in [6.07, 6.45) is 4.47. The number of esters is 1. The van der Waals surface area contributed by atoms with Crippen LogP contribution in [0.25, 0.3) is 0 Å². The van der Waals surface area contributed by atoms with Crippen LogP contribution in [0.1, 0.15) is 48.0 Å². The molecular formula is C23H27N3O3S. The standard InChI is InChI=1S/C23H27N3O3S/c1-16-8-4-5-9-19(16)25-21(28)23(14-6-3-7-15-23)26-22(30)24-18-12-10-17(11-13-18)20(27)29-2/h4-5,8-13H,3,6-7,14-15H2,1-2H3,(H,25,28)(H2,24,26,30). The van der Waals surface area contributed by atoms with Gasteiger partial charge >= 0.3 is 5.97 Å². The molecule has 1 saturated carbocycles. The number of carbonyl (C=O) groups is 2. The van der Waals surface area contributed by atoms with Crippen LogP contribution in [0.5, 0.6) is 0 Å². The Morgan fingerprint density at radius 3 is 2.27 bits per heavy atom. The minimum atomic E-state index is -0.753. The smallest absolute Gasteiger partial charge is 0.337 e. The summed E-state index contributed by atoms with van der Waals surface area (Å²) in [6, 6.07) is 14.6. The number of rotatable bonds is 5. The Bertz CT molecular complexity index is 922. The number of amides is 1. The normalized spacial score (nSPS) is 15.0. The van der Waals surface area contributed by atoms with Crippen molar-refractivity contribution in [3.63, 3.8) is 0 Å². The molecule has 1 fully saturated rings. The number of hydrogen-bond acceptors (Lipinski definition) is 4. The predicted octanol–water partition coefficient (Wildman–Crippen LogP) is 4.41. The first-order valence-electron chi connectivity index (χ1n) is 10.1. The van der Waals surface area contributed by atoms with Gasteiger partial charge in [-0.1, -0.05) is 37.5 Å². The third-order valence-corrected chi connectivity index (χ3v) is 5.66. The van der Waals surface area contributed by atoms with Crippen LogP contribution >= 0.6 is 12.2 Å². The Morgan fingerprint density at radius 1 is 0.967 bits per heavy atom. The van der Waals surface area contributed by atoms with E-state index in [1.165, 1.54) is 7.11 Å². The number of benzene rings is 2. The van der Waals surface area contributed by atoms with Crippen LogP contribution in [-0.2, 0) is 9.53 Å². The minimum Gasteiger partial charge on any atom is -0.465 e. The quantitative estimate of drug-likeness (QED) is 0.486. The van der Waals surface area contributed by atoms with Gasteiger partial charge in [-0.05, 0) is 67.9 Å². The van der Waals surface area contributed by atoms with Crippen molar-refractivity contribution in [2.45, 2.75) is 44.6 Å². The largest absolute Gasteiger partial charge is 0.465 e. The van der Waals surface area contributed by atoms with E-state index in [9.17, 15) is 9.59 Å². The Morgan fingerprint density at radius 2 is 1.63 bits per heavy atom. The summed E-state index contributed by atoms with van der Waals surface area (Å²) in [4.78, 5) is 24.8. The summed E-state index contributed by atoms with van der Waals surface area (Å²) < 4.78 is 4.71. The highest BCUT2D eigenvalue weighted by atomic mass is 32.1. The maximum atomic E-state index is 13.3. The van der Waals surface area contributed by atoms with Crippen LogP contribution in [0.3, 0.4) is 0 Å². The third kappa shape index (κ3) is 5.16. The number of carbonyl (C=O) groups excluding carboxylic acids is 2. The van der Waals surface area contributed by atoms with Crippen LogP contribution in [0, 0.1) is 6.92 Å². The molecule has 0 aliphatic heterocycles. The monoisotopic (exact) mass is 425 g/mol. The first-order valence-corrected chi connectivity index (χ1v) is 10.5. The van der Waals surface area contributed by atoms with Gasteiger partial charge in [0.05, 0.1) is 12.7 Å². The van der Waals surface area contributed by atoms with E-state index in [-0.39, 0.29) is 5.91 Å². The maximum Gasteiger partial charge on any atom is 0.337 e. The van der Waals surface area contributed by atoms with Gasteiger partial charge in [0.25, 0.3) is 0 Å². The average Bonchev–Trinajstić information content (AvgIpc) is 2.75. The molecule has 0 spiro atoms. The fourth-order valence-corrected chi connectivity index (χ4v) is 4.02. The number of ether oxygens (including phenoxy) is 1. The molecule has 7 heteroatoms. The highest BCUT2D eigenvalue weighted by Crippen LogP contribution is 2.30. The van der Waals surface area contributed by atoms with E-state index in [4.69, 9.17) is 17.0 Å². The SMILES string of the molecule is COC(=O)c1ccc(NC(=S)NC2(C(=O)Nc3ccccc3C)CCCCC2)cc1. The number of aryl methyl sites for hydroxylation is 1. The van der Waals surface area contributed by atoms with Crippen molar-refractivity contribution in [3.05, 3.63) is 59.7 Å². The lowest BCUT2D eigenvalue weighted by molar-refractivity contribution is -0.123. The molecule has 0 radical (unpaired) electrons. The molecule has 0 bridgehead atoms. The zero-order valence-corrected chi connectivity index (χ0v) is 18.1. The van der Waals surface area contributed by atoms with Crippen LogP contribution in [0.4, 0.5) is 11.4 Å². The summed E-state index contributed by atoms with van der Waals surface area (Å²) in [5.74, 6) is -0.460. The molecule has 3 N–H and O–H groups in total. The molecular weight excluding hydrogens is 398 g/mol. The van der Waals surface area contributed by atoms with Crippen LogP contribution in [-0.4, -0.2) is 29.6 Å². The number of thiocarbonyl (C=S) groups is 1. The number of nitrogens with one attached hydrogen (secondary N) is 3. The number of anilines is 2. The second kappa shape index (κ2) is 9.71. The lowest BCUT2D eigenvalue weighted by atomic mass is 9.81. The topological polar surface area (TPSA) is 79.5 Å². The van der Waals surface area contributed by atoms with Gasteiger partial charge in [-0.25, -0.2) is 4.79 Å². The zero-order valence-electron chi connectivity index (χ0n) is 17.3. The van der Waals surface area contributed by atoms with Gasteiger partial charge in [0.2, 0.25) is 5.91 Å². The molecule has 1 aliphatic carbocycles. The Labute approximate surface area is 182 Å². The lowest BCUT2D eigenvalue weighted by Crippen LogP contribution is -2.58. The van der Waals surface area contributed by atoms with Crippen LogP contribution in [0.2, 0.25) is 0 Å². The van der Waals surface area contributed by atoms with E-state index in [0.717, 1.165) is 36.2 Å². The lowest BCUT2D eigenvalue weighted by Gasteiger charge is -2.37. The molecule has 0 aromatic heterocycles. The van der Waals surface area contributed by atoms with Gasteiger partial charge in [0.1, 0.15) is 5.54 Å². The van der Waals surface area contributed by atoms with Crippen molar-refractivity contribution in [3.8, 4) is 0 Å². The van der Waals surface area contributed by atoms with Gasteiger partial charge in [-0.2, -0.15) is 0 Å². The highest BCUT2D eigenvalue weighted by Gasteiger charge is 2.40. The van der Waals surface area contributed by atoms with E-state index >= 15 is 0 Å². The molecule has 2 aromatic carbocycles. The summed E-state index contributed by atoms with van der Waals surface area (Å²) in [7, 11) is 1.35. The molecule has 158 valence electrons. The molecule has 2 aromatic rings. The van der Waals surface area contributed by atoms with Crippen molar-refractivity contribution in [1.82, 2.24) is 5.32 Å². The van der Waals surface area contributed by atoms with Gasteiger partial charge < -0.3 is 20.7 Å². The van der Waals surface area contributed by atoms with Crippen molar-refractivity contribution < 1.29 is 14.3 Å². The first kappa shape index (κ1) is 21.8. The van der Waals surface area contributed by atoms with Crippen molar-refractivity contribution >= 4 is 40.6 Å². The number of methoxy groups -OCH3 is 1. The van der Waals surface area contributed by atoms with Crippen LogP contribution < -0.4 is 16.0 Å². The summed E-state index contributed by atoms with van der Waals surface area (Å²) in [5.41, 5.74) is 2.26. The van der Waals surface area contributed by atoms with Gasteiger partial charge in [0, 0.05) is 11.4 Å². The Hall–Kier alpha value is -2.93. The third-order valence-electron chi connectivity index (χ3n) is 5.45. The molecule has 1 aliphatic rings. The average molecular weight is 426 g/mol. The summed E-state index contributed by atoms with van der Waals surface area (Å²) in [6.45, 7) is 1.97. The van der Waals surface area contributed by atoms with E-state index < -0.39 is 11.5 Å². The molecule has 30 heavy (non-hydrogen) atoms. The van der Waals surface area contributed by atoms with E-state index in [1.807, 2.05) is 31.2 Å². The predicted molar refractivity (Wildman–Crippen MR) is 123 cm³/mol. The highest BCUT2D eigenvalue weighted by molar-refractivity contribution is 7.80. The Balaban J connectivity index is 1.70. The molecule has 1 amide bonds. The summed E-state index contributed by atoms with van der Waals surface area (Å²) >= 11 is 5.51. The van der Waals surface area contributed by atoms with Gasteiger partial charge in [-0.3, -0.25) is 4.79 Å². The minimum absolute atomic E-state index is 0.0679. The summed E-state index contributed by atoms with van der Waals surface area (Å²) in [5, 5.41) is 9.86. The van der Waals surface area contributed by atoms with E-state index in [0.29, 0.717) is 23.5 Å². The maximum absolute atomic E-state index is 13.3. The fraction of sp³-hybridized carbons (Fsp3) is 0.348.